The molecule has 1 aliphatic heterocycles. The highest BCUT2D eigenvalue weighted by atomic mass is 19.1. The summed E-state index contributed by atoms with van der Waals surface area (Å²) in [6.07, 6.45) is 5.58. The molecule has 8 nitrogen and oxygen atoms in total. The Morgan fingerprint density at radius 3 is 2.57 bits per heavy atom. The molecular weight excluding hydrogens is 447 g/mol. The van der Waals surface area contributed by atoms with Crippen molar-refractivity contribution in [2.45, 2.75) is 58.7 Å². The van der Waals surface area contributed by atoms with E-state index in [0.717, 1.165) is 17.5 Å². The van der Waals surface area contributed by atoms with Crippen LogP contribution in [0, 0.1) is 11.7 Å². The van der Waals surface area contributed by atoms with Crippen LogP contribution in [0.15, 0.2) is 52.8 Å². The van der Waals surface area contributed by atoms with Gasteiger partial charge in [-0.15, -0.1) is 0 Å². The number of nitrogens with one attached hydrogen (secondary N) is 1. The van der Waals surface area contributed by atoms with E-state index in [9.17, 15) is 14.0 Å². The number of aliphatic imine (C=N–C) groups is 1. The predicted octanol–water partition coefficient (Wildman–Crippen LogP) is 3.49. The van der Waals surface area contributed by atoms with E-state index in [4.69, 9.17) is 5.84 Å². The molecule has 3 rings (SSSR count). The molecule has 1 aliphatic rings. The normalized spacial score (nSPS) is 18.2. The summed E-state index contributed by atoms with van der Waals surface area (Å²) in [4.78, 5) is 36.2. The number of amides is 2. The monoisotopic (exact) mass is 480 g/mol. The summed E-state index contributed by atoms with van der Waals surface area (Å²) < 4.78 is 14.0. The molecule has 1 fully saturated rings. The second kappa shape index (κ2) is 11.7. The molecule has 2 aromatic rings. The van der Waals surface area contributed by atoms with Gasteiger partial charge in [0.2, 0.25) is 11.8 Å². The number of carbonyl (C=O) groups excluding carboxylic acids is 2. The minimum atomic E-state index is -0.612. The summed E-state index contributed by atoms with van der Waals surface area (Å²) in [6, 6.07) is 7.55. The zero-order valence-electron chi connectivity index (χ0n) is 20.6. The molecule has 3 N–H and O–H groups in total. The summed E-state index contributed by atoms with van der Waals surface area (Å²) in [5, 5.41) is 6.60. The largest absolute Gasteiger partial charge is 0.348 e. The summed E-state index contributed by atoms with van der Waals surface area (Å²) in [5.74, 6) is 4.46. The number of rotatable bonds is 8. The molecule has 1 aromatic carbocycles. The fraction of sp³-hybridized carbons (Fsp3) is 0.423. The number of pyridine rings is 1. The van der Waals surface area contributed by atoms with Gasteiger partial charge < -0.3 is 16.1 Å². The average molecular weight is 481 g/mol. The Labute approximate surface area is 205 Å². The van der Waals surface area contributed by atoms with Gasteiger partial charge in [0.05, 0.1) is 18.0 Å². The topological polar surface area (TPSA) is 113 Å². The summed E-state index contributed by atoms with van der Waals surface area (Å²) in [6.45, 7) is 7.95. The molecular formula is C26H33FN6O2. The maximum atomic E-state index is 14.0. The van der Waals surface area contributed by atoms with Gasteiger partial charge in [-0.05, 0) is 49.8 Å². The van der Waals surface area contributed by atoms with Crippen LogP contribution < -0.4 is 11.2 Å². The van der Waals surface area contributed by atoms with E-state index < -0.39 is 12.1 Å². The zero-order valence-corrected chi connectivity index (χ0v) is 20.6. The molecule has 2 heterocycles. The van der Waals surface area contributed by atoms with Crippen molar-refractivity contribution in [2.24, 2.45) is 21.9 Å². The first kappa shape index (κ1) is 26.0. The van der Waals surface area contributed by atoms with E-state index in [2.05, 4.69) is 20.4 Å². The lowest BCUT2D eigenvalue weighted by atomic mass is 10.0. The van der Waals surface area contributed by atoms with Gasteiger partial charge in [-0.1, -0.05) is 38.1 Å². The van der Waals surface area contributed by atoms with Crippen LogP contribution in [0.2, 0.25) is 0 Å². The van der Waals surface area contributed by atoms with Crippen LogP contribution >= 0.6 is 0 Å². The summed E-state index contributed by atoms with van der Waals surface area (Å²) >= 11 is 0. The molecule has 1 aromatic heterocycles. The number of hydrogen-bond acceptors (Lipinski definition) is 6. The van der Waals surface area contributed by atoms with Crippen molar-refractivity contribution in [3.63, 3.8) is 0 Å². The van der Waals surface area contributed by atoms with Crippen molar-refractivity contribution in [3.8, 4) is 11.1 Å². The number of hydrazone groups is 1. The average Bonchev–Trinajstić information content (AvgIpc) is 3.34. The van der Waals surface area contributed by atoms with E-state index in [-0.39, 0.29) is 29.6 Å². The number of benzene rings is 1. The molecule has 0 radical (unpaired) electrons. The molecule has 0 aliphatic carbocycles. The van der Waals surface area contributed by atoms with Gasteiger partial charge in [0.25, 0.3) is 0 Å². The number of aromatic nitrogens is 1. The van der Waals surface area contributed by atoms with Crippen LogP contribution in [0.3, 0.4) is 0 Å². The number of nitrogens with zero attached hydrogens (tertiary/aromatic N) is 4. The molecule has 0 saturated carbocycles. The van der Waals surface area contributed by atoms with Crippen molar-refractivity contribution in [1.29, 1.82) is 0 Å². The Morgan fingerprint density at radius 1 is 1.23 bits per heavy atom. The zero-order chi connectivity index (χ0) is 25.5. The van der Waals surface area contributed by atoms with Gasteiger partial charge in [0.15, 0.2) is 0 Å². The number of likely N-dealkylation sites (tertiary alicyclic amines) is 1. The Hall–Kier alpha value is -3.62. The number of hydrogen-bond donors (Lipinski definition) is 2. The van der Waals surface area contributed by atoms with Gasteiger partial charge in [-0.3, -0.25) is 19.6 Å². The smallest absolute Gasteiger partial charge is 0.248 e. The molecule has 1 saturated heterocycles. The van der Waals surface area contributed by atoms with Crippen molar-refractivity contribution in [3.05, 3.63) is 54.1 Å². The van der Waals surface area contributed by atoms with Crippen LogP contribution in [0.1, 0.15) is 52.1 Å². The lowest BCUT2D eigenvalue weighted by Crippen LogP contribution is -2.50. The molecule has 35 heavy (non-hydrogen) atoms. The molecule has 2 amide bonds. The summed E-state index contributed by atoms with van der Waals surface area (Å²) in [7, 11) is 0. The quantitative estimate of drug-likeness (QED) is 0.342. The van der Waals surface area contributed by atoms with E-state index in [1.165, 1.54) is 12.4 Å². The molecule has 0 bridgehead atoms. The fourth-order valence-corrected chi connectivity index (χ4v) is 4.17. The Bertz CT molecular complexity index is 1100. The third kappa shape index (κ3) is 6.29. The summed E-state index contributed by atoms with van der Waals surface area (Å²) in [5.41, 5.74) is 2.60. The minimum Gasteiger partial charge on any atom is -0.348 e. The predicted molar refractivity (Wildman–Crippen MR) is 135 cm³/mol. The first-order chi connectivity index (χ1) is 16.7. The van der Waals surface area contributed by atoms with Crippen LogP contribution in [-0.2, 0) is 9.59 Å². The SMILES string of the molecule is C/C(C=NC(C(=O)N1CCCC1C(=O)NC(C)c1ccc(-c2ccncc2F)cc1)C(C)C)=N/N. The van der Waals surface area contributed by atoms with Gasteiger partial charge in [0, 0.05) is 24.5 Å². The van der Waals surface area contributed by atoms with Gasteiger partial charge in [0.1, 0.15) is 17.9 Å². The van der Waals surface area contributed by atoms with Crippen LogP contribution in [-0.4, -0.2) is 52.3 Å². The first-order valence-electron chi connectivity index (χ1n) is 11.8. The van der Waals surface area contributed by atoms with Crippen LogP contribution in [0.5, 0.6) is 0 Å². The number of halogens is 1. The highest BCUT2D eigenvalue weighted by Crippen LogP contribution is 2.25. The maximum absolute atomic E-state index is 14.0. The molecule has 3 atom stereocenters. The third-order valence-corrected chi connectivity index (χ3v) is 6.20. The second-order valence-electron chi connectivity index (χ2n) is 9.13. The minimum absolute atomic E-state index is 0.0451. The number of carbonyl (C=O) groups is 2. The molecule has 9 heteroatoms. The van der Waals surface area contributed by atoms with Crippen molar-refractivity contribution < 1.29 is 14.0 Å². The lowest BCUT2D eigenvalue weighted by molar-refractivity contribution is -0.140. The molecule has 0 spiro atoms. The first-order valence-corrected chi connectivity index (χ1v) is 11.8. The van der Waals surface area contributed by atoms with Gasteiger partial charge in [-0.2, -0.15) is 5.10 Å². The molecule has 3 unspecified atom stereocenters. The van der Waals surface area contributed by atoms with Gasteiger partial charge in [-0.25, -0.2) is 4.39 Å². The lowest BCUT2D eigenvalue weighted by Gasteiger charge is -2.29. The Morgan fingerprint density at radius 2 is 1.94 bits per heavy atom. The third-order valence-electron chi connectivity index (χ3n) is 6.20. The highest BCUT2D eigenvalue weighted by Gasteiger charge is 2.38. The van der Waals surface area contributed by atoms with Crippen LogP contribution in [0.4, 0.5) is 4.39 Å². The van der Waals surface area contributed by atoms with Gasteiger partial charge >= 0.3 is 0 Å². The number of nitrogens with two attached hydrogens (primary N) is 1. The van der Waals surface area contributed by atoms with Crippen molar-refractivity contribution in [1.82, 2.24) is 15.2 Å². The van der Waals surface area contributed by atoms with E-state index in [1.54, 1.807) is 24.1 Å². The second-order valence-corrected chi connectivity index (χ2v) is 9.13. The van der Waals surface area contributed by atoms with Crippen LogP contribution in [0.25, 0.3) is 11.1 Å². The van der Waals surface area contributed by atoms with E-state index in [0.29, 0.717) is 24.2 Å². The van der Waals surface area contributed by atoms with E-state index in [1.807, 2.05) is 45.0 Å². The van der Waals surface area contributed by atoms with Crippen molar-refractivity contribution in [2.75, 3.05) is 6.54 Å². The fourth-order valence-electron chi connectivity index (χ4n) is 4.17. The van der Waals surface area contributed by atoms with E-state index >= 15 is 0 Å². The standard InChI is InChI=1S/C26H33FN6O2/c1-16(2)24(30-14-17(3)32-28)26(35)33-13-5-6-23(33)25(34)31-18(4)19-7-9-20(10-8-19)21-11-12-29-15-22(21)27/h7-12,14-16,18,23-24H,5-6,13,28H2,1-4H3,(H,31,34)/b30-14?,32-17-. The van der Waals surface area contributed by atoms with Crippen molar-refractivity contribution >= 4 is 23.7 Å². The highest BCUT2D eigenvalue weighted by molar-refractivity contribution is 6.29. The molecule has 186 valence electrons. The maximum Gasteiger partial charge on any atom is 0.248 e. The Balaban J connectivity index is 1.68. The Kier molecular flexibility index (Phi) is 8.68.